The number of aliphatic hydroxyl groups excluding tert-OH is 2. The number of benzene rings is 1. The van der Waals surface area contributed by atoms with Gasteiger partial charge in [0.1, 0.15) is 18.3 Å². The number of azide groups is 1. The first-order valence-electron chi connectivity index (χ1n) is 10.5. The molecule has 16 heteroatoms. The van der Waals surface area contributed by atoms with E-state index in [-0.39, 0.29) is 45.1 Å². The van der Waals surface area contributed by atoms with Crippen LogP contribution in [0.15, 0.2) is 35.4 Å². The highest BCUT2D eigenvalue weighted by molar-refractivity contribution is 7.46. The number of nitrogens with zero attached hydrogens (tertiary/aromatic N) is 3. The zero-order chi connectivity index (χ0) is 25.7. The van der Waals surface area contributed by atoms with E-state index in [0.717, 1.165) is 0 Å². The Labute approximate surface area is 200 Å². The molecule has 0 aromatic heterocycles. The fourth-order valence-electron chi connectivity index (χ4n) is 2.93. The lowest BCUT2D eigenvalue weighted by molar-refractivity contribution is -0.300. The molecule has 1 heterocycles. The maximum Gasteiger partial charge on any atom is 0.469 e. The van der Waals surface area contributed by atoms with Crippen LogP contribution in [0.3, 0.4) is 0 Å². The minimum atomic E-state index is -4.88. The van der Waals surface area contributed by atoms with E-state index >= 15 is 0 Å². The topological polar surface area (TPSA) is 219 Å². The Morgan fingerprint density at radius 1 is 1.06 bits per heavy atom. The van der Waals surface area contributed by atoms with E-state index in [2.05, 4.69) is 14.5 Å². The van der Waals surface area contributed by atoms with E-state index in [9.17, 15) is 19.6 Å². The van der Waals surface area contributed by atoms with Crippen LogP contribution in [0.1, 0.15) is 10.4 Å². The van der Waals surface area contributed by atoms with Gasteiger partial charge in [0.25, 0.3) is 0 Å². The fraction of sp³-hybridized carbons (Fsp3) is 0.632. The van der Waals surface area contributed by atoms with Crippen molar-refractivity contribution in [3.8, 4) is 0 Å². The molecule has 1 fully saturated rings. The average Bonchev–Trinajstić information content (AvgIpc) is 2.83. The van der Waals surface area contributed by atoms with E-state index < -0.39 is 51.1 Å². The summed E-state index contributed by atoms with van der Waals surface area (Å²) in [5, 5.41) is 24.2. The Balaban J connectivity index is 1.93. The van der Waals surface area contributed by atoms with Crippen LogP contribution in [-0.4, -0.2) is 103 Å². The van der Waals surface area contributed by atoms with Gasteiger partial charge >= 0.3 is 13.8 Å². The van der Waals surface area contributed by atoms with Gasteiger partial charge in [-0.25, -0.2) is 9.36 Å². The Morgan fingerprint density at radius 2 is 1.71 bits per heavy atom. The lowest BCUT2D eigenvalue weighted by Crippen LogP contribution is -2.60. The molecule has 0 bridgehead atoms. The number of rotatable bonds is 15. The molecular weight excluding hydrogens is 493 g/mol. The minimum Gasteiger partial charge on any atom is -0.450 e. The van der Waals surface area contributed by atoms with Crippen molar-refractivity contribution in [1.82, 2.24) is 0 Å². The van der Waals surface area contributed by atoms with Gasteiger partial charge in [-0.2, -0.15) is 0 Å². The molecule has 0 saturated carbocycles. The van der Waals surface area contributed by atoms with Crippen molar-refractivity contribution in [2.45, 2.75) is 30.7 Å². The fourth-order valence-corrected chi connectivity index (χ4v) is 3.28. The van der Waals surface area contributed by atoms with Crippen LogP contribution >= 0.6 is 7.82 Å². The van der Waals surface area contributed by atoms with Gasteiger partial charge in [0.05, 0.1) is 45.2 Å². The molecule has 1 saturated heterocycles. The standard InChI is InChI=1S/C19H28N3O12P/c20-22-21-6-7-29-8-9-30-10-11-31-19-17(34-18(25)13-4-2-1-3-5-13)16(24)15(23)14(33-19)12-32-35(26,27)28/h1-5,14-17,19,23-24H,6-12H2,(H2,26,27,28)/t14?,15-,16+,17?,19+/m1/s1. The molecule has 0 amide bonds. The monoisotopic (exact) mass is 521 g/mol. The first-order valence-corrected chi connectivity index (χ1v) is 12.0. The van der Waals surface area contributed by atoms with Crippen LogP contribution in [-0.2, 0) is 32.8 Å². The molecule has 35 heavy (non-hydrogen) atoms. The normalized spacial score (nSPS) is 24.5. The van der Waals surface area contributed by atoms with Gasteiger partial charge in [-0.1, -0.05) is 23.3 Å². The van der Waals surface area contributed by atoms with Crippen LogP contribution < -0.4 is 0 Å². The summed E-state index contributed by atoms with van der Waals surface area (Å²) in [5.41, 5.74) is 8.35. The van der Waals surface area contributed by atoms with Crippen LogP contribution in [0, 0.1) is 0 Å². The molecule has 4 N–H and O–H groups in total. The molecule has 1 aromatic carbocycles. The summed E-state index contributed by atoms with van der Waals surface area (Å²) in [6.45, 7) is 0.0994. The van der Waals surface area contributed by atoms with E-state index in [1.807, 2.05) is 0 Å². The highest BCUT2D eigenvalue weighted by atomic mass is 31.2. The van der Waals surface area contributed by atoms with Crippen LogP contribution in [0.25, 0.3) is 10.4 Å². The van der Waals surface area contributed by atoms with Gasteiger partial charge in [-0.15, -0.1) is 0 Å². The Morgan fingerprint density at radius 3 is 2.37 bits per heavy atom. The largest absolute Gasteiger partial charge is 0.469 e. The van der Waals surface area contributed by atoms with Crippen molar-refractivity contribution in [3.05, 3.63) is 46.3 Å². The van der Waals surface area contributed by atoms with Crippen molar-refractivity contribution in [3.63, 3.8) is 0 Å². The molecule has 2 unspecified atom stereocenters. The molecule has 2 rings (SSSR count). The number of carbonyl (C=O) groups excluding carboxylic acids is 1. The van der Waals surface area contributed by atoms with Crippen LogP contribution in [0.2, 0.25) is 0 Å². The molecule has 0 aliphatic carbocycles. The highest BCUT2D eigenvalue weighted by Gasteiger charge is 2.48. The SMILES string of the molecule is [N-]=[N+]=NCCOCCOCCO[C@H]1OC(COP(=O)(O)O)[C@@H](O)[C@H](O)C1OC(=O)c1ccccc1. The van der Waals surface area contributed by atoms with E-state index in [1.54, 1.807) is 18.2 Å². The molecule has 1 aromatic rings. The lowest BCUT2D eigenvalue weighted by atomic mass is 9.99. The molecular formula is C19H28N3O12P. The number of phosphoric acid groups is 1. The molecule has 15 nitrogen and oxygen atoms in total. The molecule has 1 aliphatic rings. The van der Waals surface area contributed by atoms with Crippen molar-refractivity contribution >= 4 is 13.8 Å². The second kappa shape index (κ2) is 15.1. The van der Waals surface area contributed by atoms with Crippen molar-refractivity contribution in [2.24, 2.45) is 5.11 Å². The van der Waals surface area contributed by atoms with E-state index in [4.69, 9.17) is 39.0 Å². The predicted molar refractivity (Wildman–Crippen MR) is 116 cm³/mol. The average molecular weight is 521 g/mol. The minimum absolute atomic E-state index is 0.0568. The molecule has 0 spiro atoms. The molecule has 196 valence electrons. The summed E-state index contributed by atoms with van der Waals surface area (Å²) >= 11 is 0. The molecule has 5 atom stereocenters. The first-order chi connectivity index (χ1) is 16.7. The molecule has 0 radical (unpaired) electrons. The van der Waals surface area contributed by atoms with Gasteiger partial charge < -0.3 is 43.7 Å². The first kappa shape index (κ1) is 29.1. The van der Waals surface area contributed by atoms with Crippen LogP contribution in [0.5, 0.6) is 0 Å². The second-order valence-corrected chi connectivity index (χ2v) is 8.34. The Bertz CT molecular complexity index is 866. The smallest absolute Gasteiger partial charge is 0.450 e. The predicted octanol–water partition coefficient (Wildman–Crippen LogP) is 0.128. The number of ether oxygens (including phenoxy) is 5. The van der Waals surface area contributed by atoms with Crippen molar-refractivity contribution < 1.29 is 57.6 Å². The van der Waals surface area contributed by atoms with Gasteiger partial charge in [0.2, 0.25) is 0 Å². The second-order valence-electron chi connectivity index (χ2n) is 7.10. The number of esters is 1. The van der Waals surface area contributed by atoms with Gasteiger partial charge in [0.15, 0.2) is 12.4 Å². The van der Waals surface area contributed by atoms with Crippen molar-refractivity contribution in [2.75, 3.05) is 46.2 Å². The zero-order valence-corrected chi connectivity index (χ0v) is 19.5. The quantitative estimate of drug-likeness (QED) is 0.0604. The van der Waals surface area contributed by atoms with Crippen LogP contribution in [0.4, 0.5) is 0 Å². The van der Waals surface area contributed by atoms with Crippen molar-refractivity contribution in [1.29, 1.82) is 0 Å². The summed E-state index contributed by atoms with van der Waals surface area (Å²) in [5.74, 6) is -0.807. The van der Waals surface area contributed by atoms with E-state index in [1.165, 1.54) is 12.1 Å². The number of hydrogen-bond donors (Lipinski definition) is 4. The highest BCUT2D eigenvalue weighted by Crippen LogP contribution is 2.37. The Hall–Kier alpha value is -2.13. The van der Waals surface area contributed by atoms with Gasteiger partial charge in [-0.3, -0.25) is 4.52 Å². The number of hydrogen-bond acceptors (Lipinski definition) is 11. The molecule has 1 aliphatic heterocycles. The maximum absolute atomic E-state index is 12.5. The maximum atomic E-state index is 12.5. The summed E-state index contributed by atoms with van der Waals surface area (Å²) in [7, 11) is -4.88. The van der Waals surface area contributed by atoms with Gasteiger partial charge in [-0.05, 0) is 17.7 Å². The van der Waals surface area contributed by atoms with E-state index in [0.29, 0.717) is 0 Å². The number of phosphoric ester groups is 1. The number of carbonyl (C=O) groups is 1. The number of aliphatic hydroxyl groups is 2. The lowest BCUT2D eigenvalue weighted by Gasteiger charge is -2.41. The van der Waals surface area contributed by atoms with Gasteiger partial charge in [0, 0.05) is 11.5 Å². The summed E-state index contributed by atoms with van der Waals surface area (Å²) < 4.78 is 42.2. The zero-order valence-electron chi connectivity index (χ0n) is 18.6. The summed E-state index contributed by atoms with van der Waals surface area (Å²) in [6.07, 6.45) is -7.67. The summed E-state index contributed by atoms with van der Waals surface area (Å²) in [4.78, 5) is 32.9. The Kier molecular flexibility index (Phi) is 12.5. The third-order valence-corrected chi connectivity index (χ3v) is 5.07. The third-order valence-electron chi connectivity index (χ3n) is 4.58. The summed E-state index contributed by atoms with van der Waals surface area (Å²) in [6, 6.07) is 7.90. The third kappa shape index (κ3) is 10.6.